The number of nitrogens with two attached hydrogens (primary N) is 1. The number of nitrogens with zero attached hydrogens (tertiary/aromatic N) is 1. The second kappa shape index (κ2) is 12.1. The van der Waals surface area contributed by atoms with Gasteiger partial charge in [0.25, 0.3) is 0 Å². The van der Waals surface area contributed by atoms with E-state index in [2.05, 4.69) is 141 Å². The van der Waals surface area contributed by atoms with Crippen LogP contribution in [0.3, 0.4) is 0 Å². The highest BCUT2D eigenvalue weighted by molar-refractivity contribution is 6.11. The van der Waals surface area contributed by atoms with Gasteiger partial charge in [-0.15, -0.1) is 0 Å². The molecule has 0 saturated carbocycles. The Labute approximate surface area is 277 Å². The van der Waals surface area contributed by atoms with Gasteiger partial charge in [-0.2, -0.15) is 5.26 Å². The highest BCUT2D eigenvalue weighted by Gasteiger charge is 2.52. The molecule has 0 radical (unpaired) electrons. The van der Waals surface area contributed by atoms with Crippen LogP contribution >= 0.6 is 0 Å². The van der Waals surface area contributed by atoms with Crippen molar-refractivity contribution in [2.24, 2.45) is 5.73 Å². The van der Waals surface area contributed by atoms with Gasteiger partial charge in [-0.3, -0.25) is 0 Å². The number of hydrogen-bond acceptors (Lipinski definition) is 2. The first-order chi connectivity index (χ1) is 23.1. The number of benzene rings is 5. The van der Waals surface area contributed by atoms with Gasteiger partial charge < -0.3 is 5.73 Å². The second-order valence-electron chi connectivity index (χ2n) is 12.1. The number of rotatable bonds is 8. The van der Waals surface area contributed by atoms with E-state index in [0.29, 0.717) is 5.57 Å². The van der Waals surface area contributed by atoms with Gasteiger partial charge in [-0.1, -0.05) is 135 Å². The summed E-state index contributed by atoms with van der Waals surface area (Å²) in [6, 6.07) is 35.7. The first-order valence-electron chi connectivity index (χ1n) is 16.1. The van der Waals surface area contributed by atoms with Crippen LogP contribution in [0.15, 0.2) is 146 Å². The van der Waals surface area contributed by atoms with Gasteiger partial charge in [0.05, 0.1) is 11.5 Å². The van der Waals surface area contributed by atoms with Gasteiger partial charge in [0.1, 0.15) is 0 Å². The molecule has 7 rings (SSSR count). The van der Waals surface area contributed by atoms with E-state index in [-0.39, 0.29) is 0 Å². The molecule has 0 heterocycles. The Bertz CT molecular complexity index is 2220. The van der Waals surface area contributed by atoms with Gasteiger partial charge in [-0.05, 0) is 116 Å². The molecular formula is C45H36N2. The van der Waals surface area contributed by atoms with Crippen molar-refractivity contribution in [2.75, 3.05) is 0 Å². The Morgan fingerprint density at radius 3 is 2.15 bits per heavy atom. The van der Waals surface area contributed by atoms with E-state index in [4.69, 9.17) is 5.73 Å². The van der Waals surface area contributed by atoms with Crippen molar-refractivity contribution in [1.82, 2.24) is 0 Å². The number of nitriles is 1. The molecule has 2 aliphatic carbocycles. The number of hydrogen-bond donors (Lipinski definition) is 1. The average Bonchev–Trinajstić information content (AvgIpc) is 3.58. The minimum absolute atomic E-state index is 0.484. The zero-order valence-corrected chi connectivity index (χ0v) is 26.6. The Morgan fingerprint density at radius 2 is 1.49 bits per heavy atom. The molecular weight excluding hydrogens is 569 g/mol. The molecule has 5 aromatic rings. The van der Waals surface area contributed by atoms with Crippen molar-refractivity contribution in [3.8, 4) is 28.3 Å². The summed E-state index contributed by atoms with van der Waals surface area (Å²) < 4.78 is 0. The van der Waals surface area contributed by atoms with E-state index in [1.54, 1.807) is 6.08 Å². The lowest BCUT2D eigenvalue weighted by Crippen LogP contribution is -2.26. The zero-order chi connectivity index (χ0) is 32.5. The topological polar surface area (TPSA) is 49.8 Å². The van der Waals surface area contributed by atoms with E-state index in [9.17, 15) is 5.26 Å². The summed E-state index contributed by atoms with van der Waals surface area (Å²) in [5.74, 6) is 0. The summed E-state index contributed by atoms with van der Waals surface area (Å²) in [6.07, 6.45) is 17.1. The Balaban J connectivity index is 1.51. The van der Waals surface area contributed by atoms with Gasteiger partial charge in [-0.25, -0.2) is 0 Å². The maximum Gasteiger partial charge on any atom is 0.0988 e. The molecule has 226 valence electrons. The molecule has 0 atom stereocenters. The van der Waals surface area contributed by atoms with Crippen molar-refractivity contribution >= 4 is 28.5 Å². The molecule has 47 heavy (non-hydrogen) atoms. The minimum Gasteiger partial charge on any atom is -0.405 e. The maximum absolute atomic E-state index is 9.31. The molecule has 0 aliphatic heterocycles. The molecule has 0 unspecified atom stereocenters. The van der Waals surface area contributed by atoms with Crippen LogP contribution in [0.25, 0.3) is 50.8 Å². The van der Waals surface area contributed by atoms with Crippen molar-refractivity contribution < 1.29 is 0 Å². The average molecular weight is 605 g/mol. The summed E-state index contributed by atoms with van der Waals surface area (Å²) in [5, 5.41) is 11.7. The van der Waals surface area contributed by atoms with Gasteiger partial charge in [0.15, 0.2) is 0 Å². The second-order valence-corrected chi connectivity index (χ2v) is 12.1. The molecule has 0 aromatic heterocycles. The van der Waals surface area contributed by atoms with Crippen LogP contribution < -0.4 is 5.73 Å². The molecule has 2 aliphatic rings. The van der Waals surface area contributed by atoms with Gasteiger partial charge >= 0.3 is 0 Å². The normalized spacial score (nSPS) is 14.1. The van der Waals surface area contributed by atoms with Crippen LogP contribution in [-0.2, 0) is 5.41 Å². The molecule has 2 nitrogen and oxygen atoms in total. The molecule has 0 bridgehead atoms. The highest BCUT2D eigenvalue weighted by atomic mass is 14.5. The third-order valence-corrected chi connectivity index (χ3v) is 9.65. The van der Waals surface area contributed by atoms with Crippen LogP contribution in [0.1, 0.15) is 58.7 Å². The van der Waals surface area contributed by atoms with Crippen molar-refractivity contribution in [1.29, 1.82) is 5.26 Å². The quantitative estimate of drug-likeness (QED) is 0.107. The van der Waals surface area contributed by atoms with Crippen LogP contribution in [0.4, 0.5) is 0 Å². The molecule has 0 amide bonds. The molecule has 5 aromatic carbocycles. The van der Waals surface area contributed by atoms with Crippen LogP contribution in [0.2, 0.25) is 0 Å². The fourth-order valence-electron chi connectivity index (χ4n) is 7.83. The number of fused-ring (bicyclic) bond motifs is 12. The molecule has 0 saturated heterocycles. The van der Waals surface area contributed by atoms with Crippen LogP contribution in [0.5, 0.6) is 0 Å². The van der Waals surface area contributed by atoms with E-state index in [1.807, 2.05) is 12.2 Å². The largest absolute Gasteiger partial charge is 0.405 e. The molecule has 0 fully saturated rings. The molecule has 1 spiro atoms. The van der Waals surface area contributed by atoms with Crippen molar-refractivity contribution in [2.45, 2.75) is 25.2 Å². The summed E-state index contributed by atoms with van der Waals surface area (Å²) in [5.41, 5.74) is 20.3. The monoisotopic (exact) mass is 604 g/mol. The van der Waals surface area contributed by atoms with Crippen molar-refractivity contribution in [3.63, 3.8) is 0 Å². The highest BCUT2D eigenvalue weighted by Crippen LogP contribution is 2.65. The minimum atomic E-state index is -0.484. The van der Waals surface area contributed by atoms with Crippen LogP contribution in [-0.4, -0.2) is 0 Å². The van der Waals surface area contributed by atoms with Crippen molar-refractivity contribution in [3.05, 3.63) is 185 Å². The third kappa shape index (κ3) is 4.47. The molecule has 2 heteroatoms. The Hall–Kier alpha value is -5.91. The SMILES string of the molecule is C=Cc1c(/C=C\C)ccc2c1-c1c(cc(C(=C)/C=C\CC/C=C(C#N)\C=C/N)c3ccccc13)C21c2ccccc2-c2ccccc21. The van der Waals surface area contributed by atoms with E-state index in [0.717, 1.165) is 29.5 Å². The fourth-order valence-corrected chi connectivity index (χ4v) is 7.83. The first-order valence-corrected chi connectivity index (χ1v) is 16.1. The Kier molecular flexibility index (Phi) is 7.68. The van der Waals surface area contributed by atoms with Gasteiger partial charge in [0, 0.05) is 5.57 Å². The lowest BCUT2D eigenvalue weighted by molar-refractivity contribution is 0.794. The van der Waals surface area contributed by atoms with E-state index >= 15 is 0 Å². The predicted octanol–water partition coefficient (Wildman–Crippen LogP) is 11.1. The number of unbranched alkanes of at least 4 members (excludes halogenated alkanes) is 1. The molecule has 2 N–H and O–H groups in total. The first kappa shape index (κ1) is 29.8. The fraction of sp³-hybridized carbons (Fsp3) is 0.0889. The van der Waals surface area contributed by atoms with Crippen LogP contribution in [0, 0.1) is 11.3 Å². The summed E-state index contributed by atoms with van der Waals surface area (Å²) in [6.45, 7) is 11.0. The van der Waals surface area contributed by atoms with E-state index < -0.39 is 5.41 Å². The smallest absolute Gasteiger partial charge is 0.0988 e. The lowest BCUT2D eigenvalue weighted by Gasteiger charge is -2.31. The maximum atomic E-state index is 9.31. The predicted molar refractivity (Wildman–Crippen MR) is 199 cm³/mol. The summed E-state index contributed by atoms with van der Waals surface area (Å²) >= 11 is 0. The third-order valence-electron chi connectivity index (χ3n) is 9.65. The standard InChI is InChI=1S/C45H36N2/c1-4-15-32-24-25-41-43(33(32)5-2)44-37-21-10-9-18-34(37)38(30(3)16-7-6-8-17-31(29-47)26-27-46)28-42(44)45(41)39-22-13-11-19-35(39)36-20-12-14-23-40(36)45/h4-5,7,9-28H,2-3,6,8,46H2,1H3/b15-4-,16-7-,27-26-,31-17+. The Morgan fingerprint density at radius 1 is 0.809 bits per heavy atom. The summed E-state index contributed by atoms with van der Waals surface area (Å²) in [4.78, 5) is 0. The van der Waals surface area contributed by atoms with E-state index in [1.165, 1.54) is 67.0 Å². The zero-order valence-electron chi connectivity index (χ0n) is 26.6. The lowest BCUT2D eigenvalue weighted by atomic mass is 9.69. The number of allylic oxidation sites excluding steroid dienone is 7. The van der Waals surface area contributed by atoms with Gasteiger partial charge in [0.2, 0.25) is 0 Å². The summed E-state index contributed by atoms with van der Waals surface area (Å²) in [7, 11) is 0.